The highest BCUT2D eigenvalue weighted by molar-refractivity contribution is 5.65. The van der Waals surface area contributed by atoms with E-state index in [1.165, 1.54) is 5.56 Å². The molecule has 0 aliphatic rings. The van der Waals surface area contributed by atoms with Crippen molar-refractivity contribution in [3.8, 4) is 0 Å². The first-order valence-corrected chi connectivity index (χ1v) is 6.02. The van der Waals surface area contributed by atoms with Gasteiger partial charge in [0.05, 0.1) is 6.54 Å². The van der Waals surface area contributed by atoms with Crippen LogP contribution < -0.4 is 0 Å². The van der Waals surface area contributed by atoms with Crippen molar-refractivity contribution in [2.24, 2.45) is 4.99 Å². The highest BCUT2D eigenvalue weighted by atomic mass is 16.5. The Kier molecular flexibility index (Phi) is 4.68. The van der Waals surface area contributed by atoms with Crippen molar-refractivity contribution in [1.82, 2.24) is 0 Å². The van der Waals surface area contributed by atoms with Gasteiger partial charge in [-0.1, -0.05) is 60.7 Å². The fourth-order valence-electron chi connectivity index (χ4n) is 1.76. The maximum Gasteiger partial charge on any atom is 0.117 e. The fourth-order valence-corrected chi connectivity index (χ4v) is 1.76. The number of methoxy groups -OCH3 is 1. The van der Waals surface area contributed by atoms with Crippen LogP contribution in [-0.2, 0) is 11.3 Å². The van der Waals surface area contributed by atoms with Crippen LogP contribution in [0.3, 0.4) is 0 Å². The number of ether oxygens (including phenoxy) is 1. The van der Waals surface area contributed by atoms with E-state index in [4.69, 9.17) is 4.74 Å². The Hall–Kier alpha value is -1.93. The molecule has 0 spiro atoms. The zero-order chi connectivity index (χ0) is 12.6. The van der Waals surface area contributed by atoms with Gasteiger partial charge in [0.1, 0.15) is 6.10 Å². The van der Waals surface area contributed by atoms with Gasteiger partial charge in [0.25, 0.3) is 0 Å². The molecule has 92 valence electrons. The number of benzene rings is 2. The van der Waals surface area contributed by atoms with Gasteiger partial charge in [-0.3, -0.25) is 4.99 Å². The molecule has 0 saturated heterocycles. The Morgan fingerprint density at radius 2 is 1.61 bits per heavy atom. The minimum atomic E-state index is -0.0742. The minimum Gasteiger partial charge on any atom is -0.371 e. The maximum absolute atomic E-state index is 5.42. The lowest BCUT2D eigenvalue weighted by Gasteiger charge is -2.10. The number of hydrogen-bond acceptors (Lipinski definition) is 2. The molecule has 2 heteroatoms. The summed E-state index contributed by atoms with van der Waals surface area (Å²) < 4.78 is 5.42. The smallest absolute Gasteiger partial charge is 0.117 e. The first kappa shape index (κ1) is 12.5. The predicted molar refractivity (Wildman–Crippen MR) is 74.8 cm³/mol. The monoisotopic (exact) mass is 239 g/mol. The SMILES string of the molecule is COC(C=NCc1ccccc1)c1ccccc1. The molecule has 0 bridgehead atoms. The van der Waals surface area contributed by atoms with Crippen molar-refractivity contribution in [2.45, 2.75) is 12.6 Å². The Labute approximate surface area is 108 Å². The number of rotatable bonds is 5. The molecule has 0 heterocycles. The average molecular weight is 239 g/mol. The van der Waals surface area contributed by atoms with Crippen LogP contribution in [0.4, 0.5) is 0 Å². The Bertz CT molecular complexity index is 479. The van der Waals surface area contributed by atoms with E-state index >= 15 is 0 Å². The van der Waals surface area contributed by atoms with Gasteiger partial charge >= 0.3 is 0 Å². The molecule has 1 unspecified atom stereocenters. The molecular formula is C16H17NO. The van der Waals surface area contributed by atoms with Crippen molar-refractivity contribution < 1.29 is 4.74 Å². The molecular weight excluding hydrogens is 222 g/mol. The molecule has 0 aliphatic carbocycles. The standard InChI is InChI=1S/C16H17NO/c1-18-16(15-10-6-3-7-11-15)13-17-12-14-8-4-2-5-9-14/h2-11,13,16H,12H2,1H3. The zero-order valence-electron chi connectivity index (χ0n) is 10.5. The molecule has 2 rings (SSSR count). The summed E-state index contributed by atoms with van der Waals surface area (Å²) in [6.07, 6.45) is 1.79. The molecule has 0 fully saturated rings. The third-order valence-electron chi connectivity index (χ3n) is 2.74. The third-order valence-corrected chi connectivity index (χ3v) is 2.74. The van der Waals surface area contributed by atoms with Crippen LogP contribution >= 0.6 is 0 Å². The van der Waals surface area contributed by atoms with Crippen molar-refractivity contribution in [1.29, 1.82) is 0 Å². The van der Waals surface area contributed by atoms with Gasteiger partial charge in [-0.25, -0.2) is 0 Å². The highest BCUT2D eigenvalue weighted by Crippen LogP contribution is 2.14. The van der Waals surface area contributed by atoms with Crippen molar-refractivity contribution in [2.75, 3.05) is 7.11 Å². The molecule has 0 amide bonds. The van der Waals surface area contributed by atoms with Crippen LogP contribution in [-0.4, -0.2) is 13.3 Å². The lowest BCUT2D eigenvalue weighted by Crippen LogP contribution is -2.02. The van der Waals surface area contributed by atoms with Gasteiger partial charge in [-0.05, 0) is 11.1 Å². The highest BCUT2D eigenvalue weighted by Gasteiger charge is 2.05. The molecule has 0 aromatic heterocycles. The number of hydrogen-bond donors (Lipinski definition) is 0. The fraction of sp³-hybridized carbons (Fsp3) is 0.188. The van der Waals surface area contributed by atoms with Gasteiger partial charge in [0.2, 0.25) is 0 Å². The van der Waals surface area contributed by atoms with E-state index in [1.54, 1.807) is 7.11 Å². The van der Waals surface area contributed by atoms with Crippen LogP contribution in [0.2, 0.25) is 0 Å². The summed E-state index contributed by atoms with van der Waals surface area (Å²) in [5.74, 6) is 0. The van der Waals surface area contributed by atoms with Crippen LogP contribution in [0, 0.1) is 0 Å². The third kappa shape index (κ3) is 3.54. The molecule has 18 heavy (non-hydrogen) atoms. The summed E-state index contributed by atoms with van der Waals surface area (Å²) in [5.41, 5.74) is 2.33. The summed E-state index contributed by atoms with van der Waals surface area (Å²) in [6, 6.07) is 20.3. The molecule has 0 aliphatic heterocycles. The van der Waals surface area contributed by atoms with Gasteiger partial charge < -0.3 is 4.74 Å². The molecule has 0 radical (unpaired) electrons. The van der Waals surface area contributed by atoms with Crippen LogP contribution in [0.5, 0.6) is 0 Å². The van der Waals surface area contributed by atoms with E-state index in [2.05, 4.69) is 17.1 Å². The van der Waals surface area contributed by atoms with Gasteiger partial charge in [0, 0.05) is 13.3 Å². The number of nitrogens with zero attached hydrogens (tertiary/aromatic N) is 1. The van der Waals surface area contributed by atoms with E-state index < -0.39 is 0 Å². The lowest BCUT2D eigenvalue weighted by atomic mass is 10.1. The van der Waals surface area contributed by atoms with E-state index in [0.29, 0.717) is 6.54 Å². The van der Waals surface area contributed by atoms with Crippen molar-refractivity contribution >= 4 is 6.21 Å². The second kappa shape index (κ2) is 6.72. The first-order chi connectivity index (χ1) is 8.90. The Morgan fingerprint density at radius 1 is 1.00 bits per heavy atom. The van der Waals surface area contributed by atoms with Crippen LogP contribution in [0.15, 0.2) is 65.7 Å². The van der Waals surface area contributed by atoms with Crippen LogP contribution in [0.1, 0.15) is 17.2 Å². The number of aliphatic imine (C=N–C) groups is 1. The molecule has 0 N–H and O–H groups in total. The molecule has 2 aromatic carbocycles. The topological polar surface area (TPSA) is 21.6 Å². The molecule has 1 atom stereocenters. The quantitative estimate of drug-likeness (QED) is 0.730. The van der Waals surface area contributed by atoms with E-state index in [-0.39, 0.29) is 6.10 Å². The van der Waals surface area contributed by atoms with Crippen molar-refractivity contribution in [3.05, 3.63) is 71.8 Å². The summed E-state index contributed by atoms with van der Waals surface area (Å²) >= 11 is 0. The minimum absolute atomic E-state index is 0.0742. The van der Waals surface area contributed by atoms with E-state index in [0.717, 1.165) is 5.56 Å². The normalized spacial score (nSPS) is 12.7. The van der Waals surface area contributed by atoms with Crippen molar-refractivity contribution in [3.63, 3.8) is 0 Å². The van der Waals surface area contributed by atoms with E-state index in [9.17, 15) is 0 Å². The first-order valence-electron chi connectivity index (χ1n) is 6.02. The lowest BCUT2D eigenvalue weighted by molar-refractivity contribution is 0.161. The van der Waals surface area contributed by atoms with Crippen LogP contribution in [0.25, 0.3) is 0 Å². The second-order valence-corrected chi connectivity index (χ2v) is 4.04. The largest absolute Gasteiger partial charge is 0.371 e. The maximum atomic E-state index is 5.42. The Morgan fingerprint density at radius 3 is 2.22 bits per heavy atom. The second-order valence-electron chi connectivity index (χ2n) is 4.04. The summed E-state index contributed by atoms with van der Waals surface area (Å²) in [4.78, 5) is 4.44. The molecule has 0 saturated carbocycles. The summed E-state index contributed by atoms with van der Waals surface area (Å²) in [6.45, 7) is 0.688. The van der Waals surface area contributed by atoms with Gasteiger partial charge in [-0.2, -0.15) is 0 Å². The van der Waals surface area contributed by atoms with Gasteiger partial charge in [0.15, 0.2) is 0 Å². The Balaban J connectivity index is 1.99. The summed E-state index contributed by atoms with van der Waals surface area (Å²) in [5, 5.41) is 0. The average Bonchev–Trinajstić information content (AvgIpc) is 2.46. The summed E-state index contributed by atoms with van der Waals surface area (Å²) in [7, 11) is 1.70. The van der Waals surface area contributed by atoms with E-state index in [1.807, 2.05) is 54.7 Å². The predicted octanol–water partition coefficient (Wildman–Crippen LogP) is 3.65. The van der Waals surface area contributed by atoms with Gasteiger partial charge in [-0.15, -0.1) is 0 Å². The molecule has 2 aromatic rings. The molecule has 2 nitrogen and oxygen atoms in total. The zero-order valence-corrected chi connectivity index (χ0v) is 10.5.